The van der Waals surface area contributed by atoms with Gasteiger partial charge in [0.25, 0.3) is 0 Å². The highest BCUT2D eigenvalue weighted by Gasteiger charge is 2.34. The van der Waals surface area contributed by atoms with Crippen LogP contribution in [-0.2, 0) is 32.6 Å². The van der Waals surface area contributed by atoms with E-state index in [1.807, 2.05) is 0 Å². The van der Waals surface area contributed by atoms with Gasteiger partial charge in [-0.1, -0.05) is 107 Å². The van der Waals surface area contributed by atoms with Crippen molar-refractivity contribution >= 4 is 8.60 Å². The van der Waals surface area contributed by atoms with E-state index in [1.54, 1.807) is 7.11 Å². The molecule has 4 heteroatoms. The molecule has 3 rings (SSSR count). The first-order chi connectivity index (χ1) is 15.3. The van der Waals surface area contributed by atoms with Gasteiger partial charge in [0, 0.05) is 24.7 Å². The molecule has 2 aromatic carbocycles. The van der Waals surface area contributed by atoms with Gasteiger partial charge in [-0.05, 0) is 43.9 Å². The maximum absolute atomic E-state index is 6.55. The lowest BCUT2D eigenvalue weighted by Gasteiger charge is -2.34. The summed E-state index contributed by atoms with van der Waals surface area (Å²) in [7, 11) is 0.0853. The normalized spacial score (nSPS) is 15.6. The van der Waals surface area contributed by atoms with Crippen LogP contribution in [0.15, 0.2) is 24.3 Å². The maximum Gasteiger partial charge on any atom is 0.462 e. The first-order valence-corrected chi connectivity index (χ1v) is 13.5. The summed E-state index contributed by atoms with van der Waals surface area (Å²) in [6.45, 7) is 27.1. The second-order valence-electron chi connectivity index (χ2n) is 13.8. The van der Waals surface area contributed by atoms with Crippen molar-refractivity contribution in [2.24, 2.45) is 0 Å². The van der Waals surface area contributed by atoms with E-state index in [9.17, 15) is 0 Å². The van der Waals surface area contributed by atoms with Gasteiger partial charge in [0.2, 0.25) is 0 Å². The molecule has 34 heavy (non-hydrogen) atoms. The SMILES string of the molecule is COP1Oc2c(cc(C(C)(C)C)cc2C(C)(C)C)Cc2cc(C(C)(C)C)cc(C(C)(C)C)c2O1. The molecular formula is C30H45O3P. The van der Waals surface area contributed by atoms with E-state index >= 15 is 0 Å². The predicted molar refractivity (Wildman–Crippen MR) is 146 cm³/mol. The first kappa shape index (κ1) is 27.0. The quantitative estimate of drug-likeness (QED) is 0.378. The summed E-state index contributed by atoms with van der Waals surface area (Å²) in [6.07, 6.45) is 0.761. The summed E-state index contributed by atoms with van der Waals surface area (Å²) < 4.78 is 18.9. The van der Waals surface area contributed by atoms with Crippen molar-refractivity contribution in [3.63, 3.8) is 0 Å². The van der Waals surface area contributed by atoms with Gasteiger partial charge < -0.3 is 9.05 Å². The molecule has 0 unspecified atom stereocenters. The second-order valence-corrected chi connectivity index (χ2v) is 15.0. The fourth-order valence-corrected chi connectivity index (χ4v) is 5.20. The molecule has 1 aliphatic rings. The molecule has 0 aromatic heterocycles. The average Bonchev–Trinajstić information content (AvgIpc) is 2.63. The number of rotatable bonds is 1. The molecule has 2 aromatic rings. The highest BCUT2D eigenvalue weighted by molar-refractivity contribution is 7.42. The first-order valence-electron chi connectivity index (χ1n) is 12.4. The van der Waals surface area contributed by atoms with Crippen molar-refractivity contribution in [1.82, 2.24) is 0 Å². The minimum atomic E-state index is -1.59. The lowest BCUT2D eigenvalue weighted by atomic mass is 9.76. The molecule has 3 nitrogen and oxygen atoms in total. The third-order valence-electron chi connectivity index (χ3n) is 6.54. The van der Waals surface area contributed by atoms with Crippen LogP contribution < -0.4 is 9.05 Å². The summed E-state index contributed by atoms with van der Waals surface area (Å²) in [5.74, 6) is 1.83. The van der Waals surface area contributed by atoms with Crippen LogP contribution in [0.5, 0.6) is 11.5 Å². The zero-order valence-corrected chi connectivity index (χ0v) is 24.6. The lowest BCUT2D eigenvalue weighted by Crippen LogP contribution is -2.22. The minimum absolute atomic E-state index is 0.0343. The van der Waals surface area contributed by atoms with Crippen LogP contribution in [-0.4, -0.2) is 7.11 Å². The molecule has 0 aliphatic carbocycles. The maximum atomic E-state index is 6.55. The Morgan fingerprint density at radius 3 is 1.21 bits per heavy atom. The van der Waals surface area contributed by atoms with Crippen molar-refractivity contribution < 1.29 is 13.6 Å². The number of benzene rings is 2. The second kappa shape index (κ2) is 8.82. The average molecular weight is 485 g/mol. The Morgan fingerprint density at radius 1 is 0.588 bits per heavy atom. The zero-order valence-electron chi connectivity index (χ0n) is 23.7. The van der Waals surface area contributed by atoms with Gasteiger partial charge in [-0.3, -0.25) is 4.52 Å². The van der Waals surface area contributed by atoms with Gasteiger partial charge in [-0.2, -0.15) is 0 Å². The molecule has 0 atom stereocenters. The van der Waals surface area contributed by atoms with Gasteiger partial charge >= 0.3 is 8.60 Å². The molecule has 0 saturated heterocycles. The zero-order chi connectivity index (χ0) is 25.9. The molecule has 188 valence electrons. The van der Waals surface area contributed by atoms with E-state index in [0.717, 1.165) is 17.9 Å². The van der Waals surface area contributed by atoms with Crippen LogP contribution in [0.4, 0.5) is 0 Å². The van der Waals surface area contributed by atoms with Crippen LogP contribution in [0, 0.1) is 0 Å². The van der Waals surface area contributed by atoms with Gasteiger partial charge in [-0.15, -0.1) is 0 Å². The molecule has 1 heterocycles. The van der Waals surface area contributed by atoms with Crippen LogP contribution in [0.25, 0.3) is 0 Å². The number of hydrogen-bond acceptors (Lipinski definition) is 3. The molecule has 0 bridgehead atoms. The summed E-state index contributed by atoms with van der Waals surface area (Å²) in [5.41, 5.74) is 7.38. The fourth-order valence-electron chi connectivity index (χ4n) is 4.28. The summed E-state index contributed by atoms with van der Waals surface area (Å²) in [6, 6.07) is 9.31. The van der Waals surface area contributed by atoms with Gasteiger partial charge in [0.05, 0.1) is 0 Å². The topological polar surface area (TPSA) is 27.7 Å². The van der Waals surface area contributed by atoms with Gasteiger partial charge in [0.1, 0.15) is 11.5 Å². The third-order valence-corrected chi connectivity index (χ3v) is 7.50. The van der Waals surface area contributed by atoms with E-state index in [2.05, 4.69) is 107 Å². The Labute approximate surface area is 209 Å². The van der Waals surface area contributed by atoms with Crippen LogP contribution >= 0.6 is 8.60 Å². The Morgan fingerprint density at radius 2 is 0.941 bits per heavy atom. The molecular weight excluding hydrogens is 439 g/mol. The van der Waals surface area contributed by atoms with Crippen LogP contribution in [0.1, 0.15) is 116 Å². The van der Waals surface area contributed by atoms with E-state index in [0.29, 0.717) is 0 Å². The van der Waals surface area contributed by atoms with E-state index in [4.69, 9.17) is 13.6 Å². The highest BCUT2D eigenvalue weighted by atomic mass is 31.2. The minimum Gasteiger partial charge on any atom is -0.417 e. The third kappa shape index (κ3) is 5.63. The summed E-state index contributed by atoms with van der Waals surface area (Å²) >= 11 is 0. The largest absolute Gasteiger partial charge is 0.462 e. The smallest absolute Gasteiger partial charge is 0.417 e. The summed E-state index contributed by atoms with van der Waals surface area (Å²) in [5, 5.41) is 0. The van der Waals surface area contributed by atoms with E-state index in [-0.39, 0.29) is 21.7 Å². The van der Waals surface area contributed by atoms with E-state index in [1.165, 1.54) is 33.4 Å². The molecule has 0 spiro atoms. The Kier molecular flexibility index (Phi) is 7.01. The molecule has 0 N–H and O–H groups in total. The van der Waals surface area contributed by atoms with Crippen molar-refractivity contribution in [2.45, 2.75) is 111 Å². The van der Waals surface area contributed by atoms with Crippen molar-refractivity contribution in [1.29, 1.82) is 0 Å². The molecule has 0 radical (unpaired) electrons. The molecule has 0 saturated carbocycles. The molecule has 0 amide bonds. The van der Waals surface area contributed by atoms with Crippen LogP contribution in [0.3, 0.4) is 0 Å². The number of fused-ring (bicyclic) bond motifs is 2. The van der Waals surface area contributed by atoms with Crippen molar-refractivity contribution in [2.75, 3.05) is 7.11 Å². The highest BCUT2D eigenvalue weighted by Crippen LogP contribution is 2.52. The lowest BCUT2D eigenvalue weighted by molar-refractivity contribution is 0.313. The Hall–Kier alpha value is -1.57. The van der Waals surface area contributed by atoms with Gasteiger partial charge in [-0.25, -0.2) is 0 Å². The predicted octanol–water partition coefficient (Wildman–Crippen LogP) is 9.11. The van der Waals surface area contributed by atoms with Crippen LogP contribution in [0.2, 0.25) is 0 Å². The monoisotopic (exact) mass is 484 g/mol. The summed E-state index contributed by atoms with van der Waals surface area (Å²) in [4.78, 5) is 0. The molecule has 0 fully saturated rings. The number of hydrogen-bond donors (Lipinski definition) is 0. The van der Waals surface area contributed by atoms with Crippen molar-refractivity contribution in [3.05, 3.63) is 57.6 Å². The Balaban J connectivity index is 2.39. The standard InChI is InChI=1S/C30H45O3P/c1-27(2,3)21-15-19-14-20-16-22(28(4,5)6)18-24(30(10,11)12)26(20)33-34(31-13)32-25(19)23(17-21)29(7,8)9/h15-18H,14H2,1-13H3. The Bertz CT molecular complexity index is 973. The van der Waals surface area contributed by atoms with E-state index < -0.39 is 8.60 Å². The molecule has 1 aliphatic heterocycles. The fraction of sp³-hybridized carbons (Fsp3) is 0.600. The van der Waals surface area contributed by atoms with Crippen molar-refractivity contribution in [3.8, 4) is 11.5 Å². The van der Waals surface area contributed by atoms with Gasteiger partial charge in [0.15, 0.2) is 0 Å².